The van der Waals surface area contributed by atoms with Crippen molar-refractivity contribution < 1.29 is 22.6 Å². The first-order valence-corrected chi connectivity index (χ1v) is 10.1. The van der Waals surface area contributed by atoms with E-state index < -0.39 is 12.1 Å². The maximum absolute atomic E-state index is 12.6. The highest BCUT2D eigenvalue weighted by atomic mass is 19.4. The van der Waals surface area contributed by atoms with Gasteiger partial charge in [-0.25, -0.2) is 9.97 Å². The van der Waals surface area contributed by atoms with Crippen molar-refractivity contribution >= 4 is 5.82 Å². The highest BCUT2D eigenvalue weighted by molar-refractivity contribution is 5.63. The standard InChI is InChI=1S/C20H26F3N5O2/c1-12(2)19-26-16(13-7-17(18(24)25-10-13)30-20(21,22)23)11-28(19)15-8-14(9-15)27-3-5-29-6-4-27/h7,10-12,14-15H,3-6,8-9H2,1-2H3,(H2,24,25). The smallest absolute Gasteiger partial charge is 0.402 e. The van der Waals surface area contributed by atoms with Crippen molar-refractivity contribution in [2.75, 3.05) is 32.0 Å². The van der Waals surface area contributed by atoms with Crippen LogP contribution in [0.3, 0.4) is 0 Å². The summed E-state index contributed by atoms with van der Waals surface area (Å²) in [4.78, 5) is 11.0. The van der Waals surface area contributed by atoms with E-state index in [0.29, 0.717) is 23.3 Å². The Hall–Kier alpha value is -2.33. The van der Waals surface area contributed by atoms with Crippen LogP contribution in [0.25, 0.3) is 11.3 Å². The fourth-order valence-electron chi connectivity index (χ4n) is 4.10. The fourth-order valence-corrected chi connectivity index (χ4v) is 4.10. The lowest BCUT2D eigenvalue weighted by atomic mass is 9.84. The number of nitrogen functional groups attached to an aromatic ring is 1. The van der Waals surface area contributed by atoms with Crippen molar-refractivity contribution in [3.8, 4) is 17.0 Å². The van der Waals surface area contributed by atoms with E-state index in [1.54, 1.807) is 0 Å². The van der Waals surface area contributed by atoms with E-state index in [1.165, 1.54) is 12.3 Å². The first kappa shape index (κ1) is 20.9. The summed E-state index contributed by atoms with van der Waals surface area (Å²) in [6, 6.07) is 2.10. The molecular formula is C20H26F3N5O2. The van der Waals surface area contributed by atoms with Gasteiger partial charge in [0.25, 0.3) is 0 Å². The highest BCUT2D eigenvalue weighted by Crippen LogP contribution is 2.39. The number of aromatic nitrogens is 3. The topological polar surface area (TPSA) is 78.4 Å². The third-order valence-corrected chi connectivity index (χ3v) is 5.72. The monoisotopic (exact) mass is 425 g/mol. The number of anilines is 1. The molecular weight excluding hydrogens is 399 g/mol. The molecule has 3 heterocycles. The number of morpholine rings is 1. The minimum absolute atomic E-state index is 0.175. The number of nitrogens with zero attached hydrogens (tertiary/aromatic N) is 4. The van der Waals surface area contributed by atoms with E-state index in [9.17, 15) is 13.2 Å². The van der Waals surface area contributed by atoms with E-state index in [1.807, 2.05) is 6.20 Å². The van der Waals surface area contributed by atoms with E-state index >= 15 is 0 Å². The Morgan fingerprint density at radius 1 is 1.20 bits per heavy atom. The summed E-state index contributed by atoms with van der Waals surface area (Å²) in [5.41, 5.74) is 6.55. The highest BCUT2D eigenvalue weighted by Gasteiger charge is 2.37. The Balaban J connectivity index is 1.55. The molecule has 0 bridgehead atoms. The Labute approximate surface area is 173 Å². The summed E-state index contributed by atoms with van der Waals surface area (Å²) >= 11 is 0. The van der Waals surface area contributed by atoms with Gasteiger partial charge in [0.05, 0.1) is 18.9 Å². The molecule has 0 radical (unpaired) electrons. The second-order valence-corrected chi connectivity index (χ2v) is 8.13. The number of hydrogen-bond donors (Lipinski definition) is 1. The summed E-state index contributed by atoms with van der Waals surface area (Å²) in [6.07, 6.45) is 0.542. The molecule has 2 aliphatic rings. The number of ether oxygens (including phenoxy) is 2. The van der Waals surface area contributed by atoms with Gasteiger partial charge in [-0.1, -0.05) is 13.8 Å². The van der Waals surface area contributed by atoms with Gasteiger partial charge < -0.3 is 19.8 Å². The molecule has 0 amide bonds. The van der Waals surface area contributed by atoms with Gasteiger partial charge in [0.15, 0.2) is 11.6 Å². The lowest BCUT2D eigenvalue weighted by molar-refractivity contribution is -0.274. The maximum Gasteiger partial charge on any atom is 0.573 e. The lowest BCUT2D eigenvalue weighted by Crippen LogP contribution is -2.50. The molecule has 0 unspecified atom stereocenters. The van der Waals surface area contributed by atoms with E-state index in [4.69, 9.17) is 15.5 Å². The molecule has 0 spiro atoms. The Bertz CT molecular complexity index is 887. The van der Waals surface area contributed by atoms with Crippen LogP contribution in [-0.4, -0.2) is 58.1 Å². The third-order valence-electron chi connectivity index (χ3n) is 5.72. The van der Waals surface area contributed by atoms with Gasteiger partial charge in [-0.3, -0.25) is 4.90 Å². The van der Waals surface area contributed by atoms with Crippen molar-refractivity contribution in [3.05, 3.63) is 24.3 Å². The molecule has 2 aromatic rings. The average molecular weight is 425 g/mol. The fraction of sp³-hybridized carbons (Fsp3) is 0.600. The Morgan fingerprint density at radius 3 is 2.53 bits per heavy atom. The van der Waals surface area contributed by atoms with Crippen LogP contribution in [0.5, 0.6) is 5.75 Å². The number of nitrogens with two attached hydrogens (primary N) is 1. The minimum Gasteiger partial charge on any atom is -0.402 e. The van der Waals surface area contributed by atoms with Gasteiger partial charge in [0.1, 0.15) is 5.82 Å². The van der Waals surface area contributed by atoms with Crippen molar-refractivity contribution in [1.29, 1.82) is 0 Å². The zero-order valence-corrected chi connectivity index (χ0v) is 17.0. The summed E-state index contributed by atoms with van der Waals surface area (Å²) in [7, 11) is 0. The van der Waals surface area contributed by atoms with E-state index in [2.05, 4.69) is 33.0 Å². The lowest BCUT2D eigenvalue weighted by Gasteiger charge is -2.45. The predicted molar refractivity (Wildman–Crippen MR) is 105 cm³/mol. The van der Waals surface area contributed by atoms with Crippen LogP contribution in [0.1, 0.15) is 44.5 Å². The maximum atomic E-state index is 12.6. The molecule has 1 aliphatic heterocycles. The number of rotatable bonds is 5. The first-order chi connectivity index (χ1) is 14.2. The molecule has 7 nitrogen and oxygen atoms in total. The summed E-state index contributed by atoms with van der Waals surface area (Å²) < 4.78 is 49.5. The summed E-state index contributed by atoms with van der Waals surface area (Å²) in [5.74, 6) is 0.253. The van der Waals surface area contributed by atoms with Crippen molar-refractivity contribution in [1.82, 2.24) is 19.4 Å². The molecule has 1 aliphatic carbocycles. The predicted octanol–water partition coefficient (Wildman–Crippen LogP) is 3.59. The van der Waals surface area contributed by atoms with Gasteiger partial charge >= 0.3 is 6.36 Å². The number of halogens is 3. The quantitative estimate of drug-likeness (QED) is 0.789. The summed E-state index contributed by atoms with van der Waals surface area (Å²) in [5, 5.41) is 0. The van der Waals surface area contributed by atoms with Crippen LogP contribution in [0, 0.1) is 0 Å². The van der Waals surface area contributed by atoms with Crippen LogP contribution < -0.4 is 10.5 Å². The molecule has 10 heteroatoms. The second-order valence-electron chi connectivity index (χ2n) is 8.13. The Kier molecular flexibility index (Phi) is 5.63. The third kappa shape index (κ3) is 4.39. The number of imidazole rings is 1. The molecule has 2 aromatic heterocycles. The van der Waals surface area contributed by atoms with Crippen LogP contribution in [0.15, 0.2) is 18.5 Å². The minimum atomic E-state index is -4.84. The van der Waals surface area contributed by atoms with Gasteiger partial charge in [-0.15, -0.1) is 13.2 Å². The molecule has 30 heavy (non-hydrogen) atoms. The SMILES string of the molecule is CC(C)c1nc(-c2cnc(N)c(OC(F)(F)F)c2)cn1C1CC(N2CCOCC2)C1. The molecule has 2 N–H and O–H groups in total. The molecule has 0 atom stereocenters. The second kappa shape index (κ2) is 8.07. The Morgan fingerprint density at radius 2 is 1.90 bits per heavy atom. The van der Waals surface area contributed by atoms with Crippen LogP contribution >= 0.6 is 0 Å². The van der Waals surface area contributed by atoms with Gasteiger partial charge in [0.2, 0.25) is 0 Å². The van der Waals surface area contributed by atoms with Gasteiger partial charge in [0, 0.05) is 49.0 Å². The average Bonchev–Trinajstić information content (AvgIpc) is 3.07. The molecule has 4 rings (SSSR count). The zero-order valence-electron chi connectivity index (χ0n) is 17.0. The van der Waals surface area contributed by atoms with Crippen molar-refractivity contribution in [3.63, 3.8) is 0 Å². The zero-order chi connectivity index (χ0) is 21.5. The van der Waals surface area contributed by atoms with Crippen LogP contribution in [0.4, 0.5) is 19.0 Å². The molecule has 1 saturated carbocycles. The number of pyridine rings is 1. The normalized spacial score (nSPS) is 22.9. The molecule has 2 fully saturated rings. The number of hydrogen-bond acceptors (Lipinski definition) is 6. The first-order valence-electron chi connectivity index (χ1n) is 10.1. The molecule has 0 aromatic carbocycles. The van der Waals surface area contributed by atoms with E-state index in [-0.39, 0.29) is 11.7 Å². The van der Waals surface area contributed by atoms with Crippen LogP contribution in [0.2, 0.25) is 0 Å². The largest absolute Gasteiger partial charge is 0.573 e. The van der Waals surface area contributed by atoms with E-state index in [0.717, 1.165) is 45.0 Å². The van der Waals surface area contributed by atoms with Gasteiger partial charge in [-0.05, 0) is 18.9 Å². The van der Waals surface area contributed by atoms with Crippen molar-refractivity contribution in [2.24, 2.45) is 0 Å². The molecule has 1 saturated heterocycles. The van der Waals surface area contributed by atoms with Crippen molar-refractivity contribution in [2.45, 2.75) is 51.1 Å². The van der Waals surface area contributed by atoms with Gasteiger partial charge in [-0.2, -0.15) is 0 Å². The summed E-state index contributed by atoms with van der Waals surface area (Å²) in [6.45, 7) is 7.59. The molecule has 164 valence electrons. The number of alkyl halides is 3. The van der Waals surface area contributed by atoms with Crippen LogP contribution in [-0.2, 0) is 4.74 Å².